The first-order valence-electron chi connectivity index (χ1n) is 7.26. The number of carbonyl (C=O) groups excluding carboxylic acids is 1. The third kappa shape index (κ3) is 3.72. The van der Waals surface area contributed by atoms with Crippen molar-refractivity contribution in [1.82, 2.24) is 0 Å². The molecule has 1 N–H and O–H groups in total. The van der Waals surface area contributed by atoms with Crippen molar-refractivity contribution in [2.45, 2.75) is 40.0 Å². The van der Waals surface area contributed by atoms with E-state index in [9.17, 15) is 4.79 Å². The minimum Gasteiger partial charge on any atom is -0.322 e. The summed E-state index contributed by atoms with van der Waals surface area (Å²) in [4.78, 5) is 12.3. The maximum absolute atomic E-state index is 12.3. The van der Waals surface area contributed by atoms with E-state index in [0.717, 1.165) is 11.3 Å². The molecule has 2 heteroatoms. The lowest BCUT2D eigenvalue weighted by atomic mass is 9.87. The highest BCUT2D eigenvalue weighted by Gasteiger charge is 2.14. The van der Waals surface area contributed by atoms with Crippen molar-refractivity contribution in [3.8, 4) is 0 Å². The van der Waals surface area contributed by atoms with Gasteiger partial charge < -0.3 is 5.32 Å². The van der Waals surface area contributed by atoms with Gasteiger partial charge in [-0.2, -0.15) is 0 Å². The van der Waals surface area contributed by atoms with Crippen LogP contribution in [0.25, 0.3) is 0 Å². The van der Waals surface area contributed by atoms with Gasteiger partial charge in [0, 0.05) is 11.3 Å². The summed E-state index contributed by atoms with van der Waals surface area (Å²) in [6.45, 7) is 10.5. The zero-order valence-electron chi connectivity index (χ0n) is 13.4. The van der Waals surface area contributed by atoms with Gasteiger partial charge in [0.2, 0.25) is 0 Å². The fraction of sp³-hybridized carbons (Fsp3) is 0.316. The van der Waals surface area contributed by atoms with Crippen LogP contribution in [-0.2, 0) is 5.41 Å². The van der Waals surface area contributed by atoms with E-state index in [4.69, 9.17) is 0 Å². The first-order chi connectivity index (χ1) is 9.77. The zero-order chi connectivity index (χ0) is 15.6. The van der Waals surface area contributed by atoms with Crippen molar-refractivity contribution in [2.75, 3.05) is 5.32 Å². The minimum absolute atomic E-state index is 0.0672. The Hall–Kier alpha value is -2.09. The molecule has 0 aliphatic rings. The summed E-state index contributed by atoms with van der Waals surface area (Å²) in [7, 11) is 0. The van der Waals surface area contributed by atoms with E-state index in [2.05, 4.69) is 32.2 Å². The third-order valence-corrected chi connectivity index (χ3v) is 3.64. The smallest absolute Gasteiger partial charge is 0.255 e. The zero-order valence-corrected chi connectivity index (χ0v) is 13.4. The first kappa shape index (κ1) is 15.3. The fourth-order valence-corrected chi connectivity index (χ4v) is 2.27. The van der Waals surface area contributed by atoms with E-state index in [1.165, 1.54) is 11.1 Å². The average molecular weight is 281 g/mol. The molecule has 21 heavy (non-hydrogen) atoms. The second-order valence-electron chi connectivity index (χ2n) is 6.60. The van der Waals surface area contributed by atoms with Gasteiger partial charge in [-0.15, -0.1) is 0 Å². The molecule has 2 rings (SSSR count). The molecule has 0 aliphatic heterocycles. The van der Waals surface area contributed by atoms with Crippen molar-refractivity contribution < 1.29 is 4.79 Å². The molecule has 0 unspecified atom stereocenters. The number of anilines is 1. The molecular formula is C19H23NO. The molecular weight excluding hydrogens is 258 g/mol. The highest BCUT2D eigenvalue weighted by atomic mass is 16.1. The van der Waals surface area contributed by atoms with Gasteiger partial charge in [-0.05, 0) is 48.6 Å². The Morgan fingerprint density at radius 3 is 2.10 bits per heavy atom. The van der Waals surface area contributed by atoms with Crippen LogP contribution in [0, 0.1) is 13.8 Å². The minimum atomic E-state index is -0.0672. The summed E-state index contributed by atoms with van der Waals surface area (Å²) < 4.78 is 0. The van der Waals surface area contributed by atoms with Gasteiger partial charge in [0.25, 0.3) is 5.91 Å². The van der Waals surface area contributed by atoms with Crippen molar-refractivity contribution >= 4 is 11.6 Å². The van der Waals surface area contributed by atoms with Crippen LogP contribution in [0.15, 0.2) is 42.5 Å². The SMILES string of the molecule is Cc1ccc(NC(=O)c2ccc(C(C)(C)C)cc2)c(C)c1. The largest absolute Gasteiger partial charge is 0.322 e. The van der Waals surface area contributed by atoms with E-state index in [1.807, 2.05) is 50.2 Å². The van der Waals surface area contributed by atoms with E-state index in [1.54, 1.807) is 0 Å². The molecule has 0 aliphatic carbocycles. The summed E-state index contributed by atoms with van der Waals surface area (Å²) in [6.07, 6.45) is 0. The molecule has 0 saturated carbocycles. The summed E-state index contributed by atoms with van der Waals surface area (Å²) in [5.74, 6) is -0.0672. The van der Waals surface area contributed by atoms with Gasteiger partial charge in [0.05, 0.1) is 0 Å². The Bertz CT molecular complexity index is 648. The summed E-state index contributed by atoms with van der Waals surface area (Å²) in [5, 5.41) is 2.97. The predicted octanol–water partition coefficient (Wildman–Crippen LogP) is 4.85. The number of carbonyl (C=O) groups is 1. The van der Waals surface area contributed by atoms with Crippen LogP contribution in [-0.4, -0.2) is 5.91 Å². The van der Waals surface area contributed by atoms with Crippen LogP contribution in [0.1, 0.15) is 47.8 Å². The molecule has 1 amide bonds. The highest BCUT2D eigenvalue weighted by molar-refractivity contribution is 6.04. The summed E-state index contributed by atoms with van der Waals surface area (Å²) >= 11 is 0. The Balaban J connectivity index is 2.17. The number of benzene rings is 2. The normalized spacial score (nSPS) is 11.3. The van der Waals surface area contributed by atoms with Gasteiger partial charge in [-0.25, -0.2) is 0 Å². The van der Waals surface area contributed by atoms with Crippen molar-refractivity contribution in [3.05, 3.63) is 64.7 Å². The molecule has 0 atom stereocenters. The second-order valence-corrected chi connectivity index (χ2v) is 6.60. The lowest BCUT2D eigenvalue weighted by Gasteiger charge is -2.19. The maximum atomic E-state index is 12.3. The molecule has 0 spiro atoms. The van der Waals surface area contributed by atoms with E-state index in [0.29, 0.717) is 5.56 Å². The molecule has 0 aromatic heterocycles. The van der Waals surface area contributed by atoms with Crippen LogP contribution >= 0.6 is 0 Å². The standard InChI is InChI=1S/C19H23NO/c1-13-6-11-17(14(2)12-13)20-18(21)15-7-9-16(10-8-15)19(3,4)5/h6-12H,1-5H3,(H,20,21). The van der Waals surface area contributed by atoms with Crippen LogP contribution in [0.2, 0.25) is 0 Å². The predicted molar refractivity (Wildman–Crippen MR) is 89.0 cm³/mol. The second kappa shape index (κ2) is 5.72. The molecule has 0 heterocycles. The topological polar surface area (TPSA) is 29.1 Å². The quantitative estimate of drug-likeness (QED) is 0.837. The third-order valence-electron chi connectivity index (χ3n) is 3.64. The molecule has 0 bridgehead atoms. The number of hydrogen-bond acceptors (Lipinski definition) is 1. The number of aryl methyl sites for hydroxylation is 2. The van der Waals surface area contributed by atoms with Crippen LogP contribution < -0.4 is 5.32 Å². The Labute approximate surface area is 127 Å². The molecule has 2 nitrogen and oxygen atoms in total. The van der Waals surface area contributed by atoms with Crippen LogP contribution in [0.3, 0.4) is 0 Å². The van der Waals surface area contributed by atoms with Gasteiger partial charge in [0.1, 0.15) is 0 Å². The van der Waals surface area contributed by atoms with Crippen LogP contribution in [0.5, 0.6) is 0 Å². The maximum Gasteiger partial charge on any atom is 0.255 e. The lowest BCUT2D eigenvalue weighted by Crippen LogP contribution is -2.14. The summed E-state index contributed by atoms with van der Waals surface area (Å²) in [5.41, 5.74) is 5.15. The monoisotopic (exact) mass is 281 g/mol. The lowest BCUT2D eigenvalue weighted by molar-refractivity contribution is 0.102. The molecule has 0 radical (unpaired) electrons. The fourth-order valence-electron chi connectivity index (χ4n) is 2.27. The van der Waals surface area contributed by atoms with Gasteiger partial charge >= 0.3 is 0 Å². The number of hydrogen-bond donors (Lipinski definition) is 1. The van der Waals surface area contributed by atoms with Crippen molar-refractivity contribution in [1.29, 1.82) is 0 Å². The van der Waals surface area contributed by atoms with Gasteiger partial charge in [-0.3, -0.25) is 4.79 Å². The van der Waals surface area contributed by atoms with Gasteiger partial charge in [0.15, 0.2) is 0 Å². The van der Waals surface area contributed by atoms with E-state index in [-0.39, 0.29) is 11.3 Å². The molecule has 2 aromatic rings. The number of nitrogens with one attached hydrogen (secondary N) is 1. The van der Waals surface area contributed by atoms with Crippen LogP contribution in [0.4, 0.5) is 5.69 Å². The van der Waals surface area contributed by atoms with E-state index < -0.39 is 0 Å². The average Bonchev–Trinajstić information content (AvgIpc) is 2.41. The molecule has 2 aromatic carbocycles. The molecule has 110 valence electrons. The van der Waals surface area contributed by atoms with E-state index >= 15 is 0 Å². The van der Waals surface area contributed by atoms with Crippen molar-refractivity contribution in [2.24, 2.45) is 0 Å². The Kier molecular flexibility index (Phi) is 4.17. The Morgan fingerprint density at radius 2 is 1.57 bits per heavy atom. The summed E-state index contributed by atoms with van der Waals surface area (Å²) in [6, 6.07) is 13.8. The van der Waals surface area contributed by atoms with Crippen molar-refractivity contribution in [3.63, 3.8) is 0 Å². The molecule has 0 fully saturated rings. The van der Waals surface area contributed by atoms with Gasteiger partial charge in [-0.1, -0.05) is 50.6 Å². The highest BCUT2D eigenvalue weighted by Crippen LogP contribution is 2.23. The molecule has 0 saturated heterocycles. The number of amides is 1. The number of rotatable bonds is 2. The Morgan fingerprint density at radius 1 is 0.952 bits per heavy atom. The first-order valence-corrected chi connectivity index (χ1v) is 7.26.